The van der Waals surface area contributed by atoms with E-state index in [1.807, 2.05) is 42.5 Å². The number of ether oxygens (including phenoxy) is 1. The molecule has 2 aromatic carbocycles. The van der Waals surface area contributed by atoms with Crippen LogP contribution in [0.5, 0.6) is 0 Å². The van der Waals surface area contributed by atoms with Gasteiger partial charge in [0.25, 0.3) is 0 Å². The van der Waals surface area contributed by atoms with Gasteiger partial charge in [0.15, 0.2) is 5.76 Å². The molecule has 1 aliphatic carbocycles. The molecule has 0 amide bonds. The van der Waals surface area contributed by atoms with Crippen LogP contribution in [0, 0.1) is 11.8 Å². The minimum atomic E-state index is -1.35. The molecule has 3 aromatic rings. The molecule has 4 heterocycles. The third-order valence-electron chi connectivity index (χ3n) is 9.16. The van der Waals surface area contributed by atoms with E-state index in [2.05, 4.69) is 29.4 Å². The van der Waals surface area contributed by atoms with Gasteiger partial charge in [0, 0.05) is 24.8 Å². The number of hydrogen-bond acceptors (Lipinski definition) is 4. The van der Waals surface area contributed by atoms with Crippen molar-refractivity contribution < 1.29 is 18.8 Å². The topological polar surface area (TPSA) is 58.3 Å². The first kappa shape index (κ1) is 23.9. The smallest absolute Gasteiger partial charge is 0.191 e. The number of benzene rings is 2. The van der Waals surface area contributed by atoms with Crippen LogP contribution in [-0.2, 0) is 23.5 Å². The zero-order valence-electron chi connectivity index (χ0n) is 21.2. The summed E-state index contributed by atoms with van der Waals surface area (Å²) >= 11 is 0. The summed E-state index contributed by atoms with van der Waals surface area (Å²) in [5, 5.41) is 19.1. The molecule has 4 fully saturated rings. The molecule has 0 spiro atoms. The summed E-state index contributed by atoms with van der Waals surface area (Å²) in [6.07, 6.45) is 8.05. The van der Waals surface area contributed by atoms with Crippen LogP contribution in [0.4, 0.5) is 0 Å². The largest absolute Gasteiger partial charge is 0.841 e. The summed E-state index contributed by atoms with van der Waals surface area (Å²) in [5.74, 6) is 1.55. The highest BCUT2D eigenvalue weighted by Gasteiger charge is 2.47. The first-order valence-electron chi connectivity index (χ1n) is 13.9. The van der Waals surface area contributed by atoms with Gasteiger partial charge in [0.2, 0.25) is 0 Å². The summed E-state index contributed by atoms with van der Waals surface area (Å²) in [5.41, 5.74) is 1.27. The SMILES string of the molecule is [O-][C@](c1ccccc1)(c1cc(C[N+]23CCC(CC2)C(OCc2ccccc2)C3)on1)C1CCCCC1. The van der Waals surface area contributed by atoms with Crippen LogP contribution in [0.1, 0.15) is 67.5 Å². The van der Waals surface area contributed by atoms with Gasteiger partial charge in [-0.2, -0.15) is 0 Å². The first-order valence-corrected chi connectivity index (χ1v) is 13.9. The molecular weight excluding hydrogens is 448 g/mol. The molecule has 0 N–H and O–H groups in total. The minimum Gasteiger partial charge on any atom is -0.841 e. The van der Waals surface area contributed by atoms with Gasteiger partial charge in [-0.1, -0.05) is 103 Å². The average molecular weight is 487 g/mol. The van der Waals surface area contributed by atoms with Crippen molar-refractivity contribution >= 4 is 0 Å². The van der Waals surface area contributed by atoms with E-state index in [9.17, 15) is 5.11 Å². The van der Waals surface area contributed by atoms with Crippen LogP contribution < -0.4 is 5.11 Å². The Bertz CT molecular complexity index is 1120. The molecule has 5 nitrogen and oxygen atoms in total. The fourth-order valence-corrected chi connectivity index (χ4v) is 7.09. The second kappa shape index (κ2) is 10.1. The van der Waals surface area contributed by atoms with E-state index in [0.29, 0.717) is 18.2 Å². The van der Waals surface area contributed by atoms with Crippen molar-refractivity contribution in [2.45, 2.75) is 69.8 Å². The second-order valence-electron chi connectivity index (χ2n) is 11.4. The predicted octanol–water partition coefficient (Wildman–Crippen LogP) is 5.18. The Kier molecular flexibility index (Phi) is 6.72. The number of piperidine rings is 3. The fraction of sp³-hybridized carbons (Fsp3) is 0.516. The van der Waals surface area contributed by atoms with E-state index >= 15 is 0 Å². The van der Waals surface area contributed by atoms with Crippen molar-refractivity contribution in [1.82, 2.24) is 5.16 Å². The molecule has 4 aliphatic rings. The Morgan fingerprint density at radius 1 is 0.917 bits per heavy atom. The summed E-state index contributed by atoms with van der Waals surface area (Å²) in [7, 11) is 0. The van der Waals surface area contributed by atoms with E-state index in [1.54, 1.807) is 0 Å². The molecule has 7 rings (SSSR count). The summed E-state index contributed by atoms with van der Waals surface area (Å²) in [6, 6.07) is 22.3. The molecule has 1 aromatic heterocycles. The zero-order valence-corrected chi connectivity index (χ0v) is 21.2. The monoisotopic (exact) mass is 486 g/mol. The highest BCUT2D eigenvalue weighted by molar-refractivity contribution is 5.33. The highest BCUT2D eigenvalue weighted by Crippen LogP contribution is 2.42. The van der Waals surface area contributed by atoms with Crippen LogP contribution in [-0.4, -0.2) is 35.4 Å². The van der Waals surface area contributed by atoms with Gasteiger partial charge in [0.1, 0.15) is 19.2 Å². The van der Waals surface area contributed by atoms with Gasteiger partial charge in [-0.3, -0.25) is 0 Å². The summed E-state index contributed by atoms with van der Waals surface area (Å²) in [6.45, 7) is 4.77. The molecule has 190 valence electrons. The Labute approximate surface area is 214 Å². The average Bonchev–Trinajstić information content (AvgIpc) is 3.42. The van der Waals surface area contributed by atoms with Crippen molar-refractivity contribution in [1.29, 1.82) is 0 Å². The maximum absolute atomic E-state index is 14.6. The number of quaternary nitrogens is 1. The molecular formula is C31H38N2O3. The molecule has 3 saturated heterocycles. The minimum absolute atomic E-state index is 0.0557. The number of nitrogens with zero attached hydrogens (tertiary/aromatic N) is 2. The van der Waals surface area contributed by atoms with Crippen LogP contribution in [0.15, 0.2) is 71.3 Å². The Hall–Kier alpha value is -2.47. The Balaban J connectivity index is 1.20. The number of aromatic nitrogens is 1. The third-order valence-corrected chi connectivity index (χ3v) is 9.16. The van der Waals surface area contributed by atoms with E-state index in [0.717, 1.165) is 67.7 Å². The number of fused-ring (bicyclic) bond motifs is 3. The Morgan fingerprint density at radius 2 is 1.61 bits per heavy atom. The van der Waals surface area contributed by atoms with Gasteiger partial charge in [-0.05, 0) is 17.1 Å². The van der Waals surface area contributed by atoms with Crippen LogP contribution in [0.2, 0.25) is 0 Å². The van der Waals surface area contributed by atoms with Crippen molar-refractivity contribution in [2.24, 2.45) is 11.8 Å². The second-order valence-corrected chi connectivity index (χ2v) is 11.4. The summed E-state index contributed by atoms with van der Waals surface area (Å²) < 4.78 is 13.4. The molecule has 0 radical (unpaired) electrons. The molecule has 3 aliphatic heterocycles. The van der Waals surface area contributed by atoms with Gasteiger partial charge in [-0.15, -0.1) is 0 Å². The van der Waals surface area contributed by atoms with Gasteiger partial charge >= 0.3 is 0 Å². The maximum atomic E-state index is 14.6. The fourth-order valence-electron chi connectivity index (χ4n) is 7.09. The van der Waals surface area contributed by atoms with Crippen LogP contribution in [0.3, 0.4) is 0 Å². The van der Waals surface area contributed by atoms with Gasteiger partial charge in [-0.25, -0.2) is 0 Å². The molecule has 2 atom stereocenters. The lowest BCUT2D eigenvalue weighted by Crippen LogP contribution is -2.63. The summed E-state index contributed by atoms with van der Waals surface area (Å²) in [4.78, 5) is 0. The number of rotatable bonds is 8. The van der Waals surface area contributed by atoms with Gasteiger partial charge < -0.3 is 18.8 Å². The van der Waals surface area contributed by atoms with Crippen molar-refractivity contribution in [2.75, 3.05) is 19.6 Å². The molecule has 2 bridgehead atoms. The van der Waals surface area contributed by atoms with E-state index in [1.165, 1.54) is 24.8 Å². The highest BCUT2D eigenvalue weighted by atomic mass is 16.5. The maximum Gasteiger partial charge on any atom is 0.191 e. The molecule has 36 heavy (non-hydrogen) atoms. The van der Waals surface area contributed by atoms with Crippen molar-refractivity contribution in [3.8, 4) is 0 Å². The van der Waals surface area contributed by atoms with Crippen molar-refractivity contribution in [3.05, 3.63) is 89.3 Å². The van der Waals surface area contributed by atoms with Crippen LogP contribution >= 0.6 is 0 Å². The van der Waals surface area contributed by atoms with Crippen molar-refractivity contribution in [3.63, 3.8) is 0 Å². The number of hydrogen-bond donors (Lipinski definition) is 0. The lowest BCUT2D eigenvalue weighted by Gasteiger charge is -2.52. The standard InChI is InChI=1S/C31H38N2O3/c34-31(26-12-6-2-7-13-26,27-14-8-3-9-15-27)30-20-28(36-32-30)21-33-18-16-25(17-19-33)29(22-33)35-23-24-10-4-1-5-11-24/h1-2,4-7,10-13,20,25,27,29H,3,8-9,14-19,21-23H2/t25?,29?,31-,33?/m0/s1. The van der Waals surface area contributed by atoms with E-state index < -0.39 is 5.60 Å². The lowest BCUT2D eigenvalue weighted by molar-refractivity contribution is -0.959. The van der Waals surface area contributed by atoms with E-state index in [-0.39, 0.29) is 12.0 Å². The third kappa shape index (κ3) is 4.65. The Morgan fingerprint density at radius 3 is 2.33 bits per heavy atom. The normalized spacial score (nSPS) is 28.1. The van der Waals surface area contributed by atoms with E-state index in [4.69, 9.17) is 9.26 Å². The van der Waals surface area contributed by atoms with Crippen LogP contribution in [0.25, 0.3) is 0 Å². The lowest BCUT2D eigenvalue weighted by atomic mass is 9.71. The molecule has 1 saturated carbocycles. The molecule has 1 unspecified atom stereocenters. The van der Waals surface area contributed by atoms with Gasteiger partial charge in [0.05, 0.1) is 25.4 Å². The first-order chi connectivity index (χ1) is 17.6. The predicted molar refractivity (Wildman–Crippen MR) is 137 cm³/mol. The quantitative estimate of drug-likeness (QED) is 0.412. The zero-order chi connectivity index (χ0) is 24.4. The molecule has 5 heteroatoms.